The van der Waals surface area contributed by atoms with Crippen LogP contribution < -0.4 is 5.73 Å². The maximum Gasteiger partial charge on any atom is 0.252 e. The predicted octanol–water partition coefficient (Wildman–Crippen LogP) is 1.32. The topological polar surface area (TPSA) is 88.2 Å². The van der Waals surface area contributed by atoms with Gasteiger partial charge < -0.3 is 15.4 Å². The van der Waals surface area contributed by atoms with E-state index in [0.29, 0.717) is 43.0 Å². The summed E-state index contributed by atoms with van der Waals surface area (Å²) in [5.41, 5.74) is 6.09. The summed E-state index contributed by atoms with van der Waals surface area (Å²) >= 11 is 1.27. The molecule has 1 aromatic rings. The molecule has 0 radical (unpaired) electrons. The highest BCUT2D eigenvalue weighted by molar-refractivity contribution is 7.91. The summed E-state index contributed by atoms with van der Waals surface area (Å²) < 4.78 is 32.3. The monoisotopic (exact) mass is 386 g/mol. The molecule has 2 aliphatic rings. The molecule has 3 rings (SSSR count). The van der Waals surface area contributed by atoms with Crippen molar-refractivity contribution in [1.29, 1.82) is 0 Å². The minimum Gasteiger partial charge on any atom is -0.379 e. The molecule has 1 aromatic heterocycles. The van der Waals surface area contributed by atoms with E-state index in [0.717, 1.165) is 36.7 Å². The molecule has 0 bridgehead atoms. The van der Waals surface area contributed by atoms with Gasteiger partial charge in [0.1, 0.15) is 4.21 Å². The molecule has 2 fully saturated rings. The molecular formula is C16H26N4O3S2. The molecular weight excluding hydrogens is 360 g/mol. The maximum absolute atomic E-state index is 12.6. The van der Waals surface area contributed by atoms with E-state index in [1.807, 2.05) is 6.07 Å². The molecule has 0 aliphatic carbocycles. The number of piperidine rings is 1. The average molecular weight is 387 g/mol. The largest absolute Gasteiger partial charge is 0.379 e. The van der Waals surface area contributed by atoms with Gasteiger partial charge in [0.2, 0.25) is 0 Å². The molecule has 2 N–H and O–H groups in total. The molecule has 2 saturated heterocycles. The number of thiophene rings is 1. The second kappa shape index (κ2) is 8.03. The third-order valence-corrected chi connectivity index (χ3v) is 8.14. The standard InChI is InChI=1S/C16H26N4O3S2/c1-13-4-6-19(7-5-13)16(17)18-12-14-2-3-15(24-14)25(21,22)20-8-10-23-11-9-20/h2-3,13H,4-12H2,1H3,(H2,17,18). The lowest BCUT2D eigenvalue weighted by Crippen LogP contribution is -2.42. The Morgan fingerprint density at radius 2 is 1.96 bits per heavy atom. The lowest BCUT2D eigenvalue weighted by atomic mass is 10.00. The number of hydrogen-bond acceptors (Lipinski definition) is 5. The Balaban J connectivity index is 1.62. The van der Waals surface area contributed by atoms with Gasteiger partial charge in [-0.05, 0) is 30.9 Å². The van der Waals surface area contributed by atoms with Gasteiger partial charge in [-0.25, -0.2) is 13.4 Å². The fourth-order valence-electron chi connectivity index (χ4n) is 2.99. The molecule has 0 aromatic carbocycles. The summed E-state index contributed by atoms with van der Waals surface area (Å²) in [6, 6.07) is 3.49. The van der Waals surface area contributed by atoms with Crippen LogP contribution in [0.3, 0.4) is 0 Å². The number of guanidine groups is 1. The summed E-state index contributed by atoms with van der Waals surface area (Å²) in [5.74, 6) is 1.30. The smallest absolute Gasteiger partial charge is 0.252 e. The molecule has 2 aliphatic heterocycles. The van der Waals surface area contributed by atoms with E-state index in [1.54, 1.807) is 6.07 Å². The molecule has 0 atom stereocenters. The van der Waals surface area contributed by atoms with Crippen LogP contribution in [0.15, 0.2) is 21.3 Å². The van der Waals surface area contributed by atoms with Crippen molar-refractivity contribution in [2.75, 3.05) is 39.4 Å². The molecule has 0 unspecified atom stereocenters. The number of rotatable bonds is 4. The van der Waals surface area contributed by atoms with Crippen molar-refractivity contribution in [2.24, 2.45) is 16.6 Å². The zero-order chi connectivity index (χ0) is 17.9. The van der Waals surface area contributed by atoms with Crippen LogP contribution in [0.4, 0.5) is 0 Å². The summed E-state index contributed by atoms with van der Waals surface area (Å²) in [4.78, 5) is 7.47. The van der Waals surface area contributed by atoms with Crippen molar-refractivity contribution in [1.82, 2.24) is 9.21 Å². The predicted molar refractivity (Wildman–Crippen MR) is 99.2 cm³/mol. The van der Waals surface area contributed by atoms with Crippen molar-refractivity contribution >= 4 is 27.3 Å². The number of aliphatic imine (C=N–C) groups is 1. The second-order valence-corrected chi connectivity index (χ2v) is 9.91. The van der Waals surface area contributed by atoms with E-state index in [9.17, 15) is 8.42 Å². The molecule has 7 nitrogen and oxygen atoms in total. The van der Waals surface area contributed by atoms with Crippen molar-refractivity contribution in [3.63, 3.8) is 0 Å². The Morgan fingerprint density at radius 3 is 2.64 bits per heavy atom. The van der Waals surface area contributed by atoms with Crippen LogP contribution >= 0.6 is 11.3 Å². The van der Waals surface area contributed by atoms with Crippen LogP contribution in [0.5, 0.6) is 0 Å². The Morgan fingerprint density at radius 1 is 1.28 bits per heavy atom. The average Bonchev–Trinajstić information content (AvgIpc) is 3.11. The summed E-state index contributed by atoms with van der Waals surface area (Å²) in [7, 11) is -3.42. The van der Waals surface area contributed by atoms with Crippen LogP contribution in [0.2, 0.25) is 0 Å². The first-order chi connectivity index (χ1) is 12.0. The normalized spacial score (nSPS) is 21.6. The minimum atomic E-state index is -3.42. The van der Waals surface area contributed by atoms with Gasteiger partial charge in [-0.15, -0.1) is 11.3 Å². The Labute approximate surface area is 153 Å². The number of sulfonamides is 1. The van der Waals surface area contributed by atoms with E-state index in [2.05, 4.69) is 16.8 Å². The van der Waals surface area contributed by atoms with Gasteiger partial charge >= 0.3 is 0 Å². The van der Waals surface area contributed by atoms with Gasteiger partial charge in [-0.2, -0.15) is 4.31 Å². The highest BCUT2D eigenvalue weighted by Gasteiger charge is 2.27. The Hall–Kier alpha value is -1.16. The zero-order valence-electron chi connectivity index (χ0n) is 14.6. The van der Waals surface area contributed by atoms with Crippen molar-refractivity contribution in [3.8, 4) is 0 Å². The number of nitrogens with zero attached hydrogens (tertiary/aromatic N) is 3. The Bertz CT molecular complexity index is 703. The van der Waals surface area contributed by atoms with Crippen LogP contribution in [-0.4, -0.2) is 63.0 Å². The number of nitrogens with two attached hydrogens (primary N) is 1. The van der Waals surface area contributed by atoms with E-state index in [-0.39, 0.29) is 0 Å². The second-order valence-electron chi connectivity index (χ2n) is 6.58. The highest BCUT2D eigenvalue weighted by Crippen LogP contribution is 2.26. The molecule has 0 saturated carbocycles. The molecule has 0 amide bonds. The first-order valence-electron chi connectivity index (χ1n) is 8.68. The maximum atomic E-state index is 12.6. The van der Waals surface area contributed by atoms with Crippen molar-refractivity contribution < 1.29 is 13.2 Å². The number of likely N-dealkylation sites (tertiary alicyclic amines) is 1. The fraction of sp³-hybridized carbons (Fsp3) is 0.688. The van der Waals surface area contributed by atoms with Gasteiger partial charge in [0, 0.05) is 31.1 Å². The van der Waals surface area contributed by atoms with Crippen LogP contribution in [0.1, 0.15) is 24.6 Å². The molecule has 25 heavy (non-hydrogen) atoms. The Kier molecular flexibility index (Phi) is 5.98. The van der Waals surface area contributed by atoms with Gasteiger partial charge in [-0.3, -0.25) is 0 Å². The minimum absolute atomic E-state index is 0.366. The first-order valence-corrected chi connectivity index (χ1v) is 10.9. The summed E-state index contributed by atoms with van der Waals surface area (Å²) in [5, 5.41) is 0. The highest BCUT2D eigenvalue weighted by atomic mass is 32.2. The quantitative estimate of drug-likeness (QED) is 0.623. The first kappa shape index (κ1) is 18.6. The van der Waals surface area contributed by atoms with Crippen LogP contribution in [-0.2, 0) is 21.3 Å². The number of hydrogen-bond donors (Lipinski definition) is 1. The molecule has 0 spiro atoms. The van der Waals surface area contributed by atoms with Gasteiger partial charge in [-0.1, -0.05) is 6.92 Å². The third kappa shape index (κ3) is 4.52. The van der Waals surface area contributed by atoms with Crippen LogP contribution in [0, 0.1) is 5.92 Å². The fourth-order valence-corrected chi connectivity index (χ4v) is 5.84. The van der Waals surface area contributed by atoms with Crippen molar-refractivity contribution in [3.05, 3.63) is 17.0 Å². The summed E-state index contributed by atoms with van der Waals surface area (Å²) in [6.07, 6.45) is 2.27. The molecule has 9 heteroatoms. The molecule has 3 heterocycles. The van der Waals surface area contributed by atoms with E-state index in [1.165, 1.54) is 15.6 Å². The molecule has 140 valence electrons. The van der Waals surface area contributed by atoms with E-state index >= 15 is 0 Å². The summed E-state index contributed by atoms with van der Waals surface area (Å²) in [6.45, 7) is 6.28. The van der Waals surface area contributed by atoms with Gasteiger partial charge in [0.05, 0.1) is 19.8 Å². The number of morpholine rings is 1. The third-order valence-electron chi connectivity index (χ3n) is 4.71. The van der Waals surface area contributed by atoms with Gasteiger partial charge in [0.25, 0.3) is 10.0 Å². The SMILES string of the molecule is CC1CCN(C(N)=NCc2ccc(S(=O)(=O)N3CCOCC3)s2)CC1. The van der Waals surface area contributed by atoms with Gasteiger partial charge in [0.15, 0.2) is 5.96 Å². The van der Waals surface area contributed by atoms with Crippen LogP contribution in [0.25, 0.3) is 0 Å². The lowest BCUT2D eigenvalue weighted by molar-refractivity contribution is 0.0731. The number of ether oxygens (including phenoxy) is 1. The van der Waals surface area contributed by atoms with E-state index in [4.69, 9.17) is 10.5 Å². The van der Waals surface area contributed by atoms with Crippen molar-refractivity contribution in [2.45, 2.75) is 30.5 Å². The zero-order valence-corrected chi connectivity index (χ0v) is 16.2. The lowest BCUT2D eigenvalue weighted by Gasteiger charge is -2.30. The van der Waals surface area contributed by atoms with E-state index < -0.39 is 10.0 Å².